The van der Waals surface area contributed by atoms with Gasteiger partial charge in [0.05, 0.1) is 5.75 Å². The third-order valence-electron chi connectivity index (χ3n) is 1.10. The van der Waals surface area contributed by atoms with E-state index in [0.29, 0.717) is 0 Å². The summed E-state index contributed by atoms with van der Waals surface area (Å²) in [5.74, 6) is -0.428. The molecule has 0 aliphatic carbocycles. The zero-order valence-corrected chi connectivity index (χ0v) is 8.37. The Morgan fingerprint density at radius 1 is 1.21 bits per heavy atom. The molecule has 0 amide bonds. The summed E-state index contributed by atoms with van der Waals surface area (Å²) in [6, 6.07) is 0. The lowest BCUT2D eigenvalue weighted by atomic mass is 10.5. The molecule has 0 aliphatic heterocycles. The Morgan fingerprint density at radius 3 is 2.21 bits per heavy atom. The van der Waals surface area contributed by atoms with Gasteiger partial charge >= 0.3 is 0 Å². The van der Waals surface area contributed by atoms with Gasteiger partial charge in [-0.05, 0) is 6.42 Å². The van der Waals surface area contributed by atoms with Crippen LogP contribution in [0.2, 0.25) is 0 Å². The van der Waals surface area contributed by atoms with E-state index in [1.54, 1.807) is 0 Å². The number of guanidine groups is 2. The number of sulfonamides is 1. The van der Waals surface area contributed by atoms with E-state index in [4.69, 9.17) is 22.3 Å². The van der Waals surface area contributed by atoms with Crippen LogP contribution in [0.1, 0.15) is 6.42 Å². The van der Waals surface area contributed by atoms with E-state index in [0.717, 1.165) is 0 Å². The van der Waals surface area contributed by atoms with Crippen LogP contribution in [0, 0.1) is 0 Å². The van der Waals surface area contributed by atoms with E-state index in [9.17, 15) is 8.42 Å². The Hall–Kier alpha value is -1.35. The molecule has 8 nitrogen and oxygen atoms in total. The van der Waals surface area contributed by atoms with Gasteiger partial charge in [0.15, 0.2) is 5.96 Å². The average Bonchev–Trinajstić information content (AvgIpc) is 1.95. The highest BCUT2D eigenvalue weighted by atomic mass is 32.2. The molecule has 0 aliphatic rings. The van der Waals surface area contributed by atoms with Crippen LogP contribution in [0.3, 0.4) is 0 Å². The molecule has 0 aromatic rings. The van der Waals surface area contributed by atoms with Crippen LogP contribution in [0.4, 0.5) is 0 Å². The third-order valence-corrected chi connectivity index (χ3v) is 1.96. The number of nitrogens with two attached hydrogens (primary N) is 4. The van der Waals surface area contributed by atoms with Crippen molar-refractivity contribution < 1.29 is 8.42 Å². The summed E-state index contributed by atoms with van der Waals surface area (Å²) < 4.78 is 21.0. The normalized spacial score (nSPS) is 12.5. The van der Waals surface area contributed by atoms with Crippen LogP contribution in [0.15, 0.2) is 9.98 Å². The van der Waals surface area contributed by atoms with E-state index in [1.165, 1.54) is 0 Å². The van der Waals surface area contributed by atoms with E-state index >= 15 is 0 Å². The molecule has 0 unspecified atom stereocenters. The fourth-order valence-corrected chi connectivity index (χ4v) is 1.16. The smallest absolute Gasteiger partial charge is 0.218 e. The first kappa shape index (κ1) is 12.7. The molecule has 14 heavy (non-hydrogen) atoms. The second-order valence-corrected chi connectivity index (χ2v) is 4.23. The highest BCUT2D eigenvalue weighted by molar-refractivity contribution is 7.89. The van der Waals surface area contributed by atoms with Gasteiger partial charge in [0.2, 0.25) is 16.0 Å². The van der Waals surface area contributed by atoms with Gasteiger partial charge in [0.25, 0.3) is 0 Å². The summed E-state index contributed by atoms with van der Waals surface area (Å²) in [7, 11) is -3.44. The average molecular weight is 222 g/mol. The Kier molecular flexibility index (Phi) is 4.87. The molecule has 0 saturated carbocycles. The minimum absolute atomic E-state index is 0.0839. The Balaban J connectivity index is 3.90. The van der Waals surface area contributed by atoms with E-state index in [2.05, 4.69) is 9.98 Å². The number of hydrogen-bond donors (Lipinski definition) is 4. The summed E-state index contributed by atoms with van der Waals surface area (Å²) in [6.45, 7) is 0.207. The molecular weight excluding hydrogens is 208 g/mol. The predicted molar refractivity (Wildman–Crippen MR) is 54.9 cm³/mol. The largest absolute Gasteiger partial charge is 0.370 e. The van der Waals surface area contributed by atoms with E-state index in [1.807, 2.05) is 0 Å². The van der Waals surface area contributed by atoms with Crippen LogP contribution < -0.4 is 22.3 Å². The minimum Gasteiger partial charge on any atom is -0.370 e. The molecule has 0 aromatic carbocycles. The maximum absolute atomic E-state index is 10.5. The van der Waals surface area contributed by atoms with Crippen molar-refractivity contribution in [2.45, 2.75) is 6.42 Å². The van der Waals surface area contributed by atoms with Gasteiger partial charge in [-0.3, -0.25) is 4.99 Å². The Morgan fingerprint density at radius 2 is 1.79 bits per heavy atom. The van der Waals surface area contributed by atoms with Gasteiger partial charge in [0, 0.05) is 6.54 Å². The molecule has 8 N–H and O–H groups in total. The third kappa shape index (κ3) is 8.74. The van der Waals surface area contributed by atoms with Crippen molar-refractivity contribution in [1.29, 1.82) is 0 Å². The van der Waals surface area contributed by atoms with Crippen molar-refractivity contribution in [3.8, 4) is 0 Å². The van der Waals surface area contributed by atoms with Crippen LogP contribution >= 0.6 is 0 Å². The second kappa shape index (κ2) is 5.40. The first-order valence-corrected chi connectivity index (χ1v) is 5.43. The van der Waals surface area contributed by atoms with Gasteiger partial charge in [0.1, 0.15) is 0 Å². The quantitative estimate of drug-likeness (QED) is 0.230. The fourth-order valence-electron chi connectivity index (χ4n) is 0.627. The maximum atomic E-state index is 10.5. The predicted octanol–water partition coefficient (Wildman–Crippen LogP) is -2.75. The molecule has 0 atom stereocenters. The standard InChI is InChI=1S/C5H14N6O2S/c6-4(7)11-5(8)10-2-1-3-14(9,12)13/h1-3H2,(H2,9,12,13)(H6,6,7,8,10,11). The first-order valence-electron chi connectivity index (χ1n) is 3.71. The molecule has 82 valence electrons. The highest BCUT2D eigenvalue weighted by Crippen LogP contribution is 1.86. The van der Waals surface area contributed by atoms with Gasteiger partial charge in [-0.1, -0.05) is 0 Å². The molecular formula is C5H14N6O2S. The Bertz CT molecular complexity index is 328. The van der Waals surface area contributed by atoms with Crippen LogP contribution in [-0.4, -0.2) is 32.6 Å². The van der Waals surface area contributed by atoms with E-state index in [-0.39, 0.29) is 30.6 Å². The van der Waals surface area contributed by atoms with Gasteiger partial charge < -0.3 is 17.2 Å². The maximum Gasteiger partial charge on any atom is 0.218 e. The zero-order chi connectivity index (χ0) is 11.2. The summed E-state index contributed by atoms with van der Waals surface area (Å²) >= 11 is 0. The SMILES string of the molecule is NC(N)=NC(N)=NCCCS(N)(=O)=O. The summed E-state index contributed by atoms with van der Waals surface area (Å²) in [5.41, 5.74) is 15.3. The topological polar surface area (TPSA) is 163 Å². The Labute approximate surface area is 82.1 Å². The van der Waals surface area contributed by atoms with Crippen LogP contribution in [0.25, 0.3) is 0 Å². The van der Waals surface area contributed by atoms with Crippen molar-refractivity contribution in [2.24, 2.45) is 32.3 Å². The number of hydrogen-bond acceptors (Lipinski definition) is 3. The summed E-state index contributed by atoms with van der Waals surface area (Å²) in [6.07, 6.45) is 0.277. The first-order chi connectivity index (χ1) is 6.31. The monoisotopic (exact) mass is 222 g/mol. The van der Waals surface area contributed by atoms with Gasteiger partial charge in [-0.2, -0.15) is 4.99 Å². The molecule has 0 bridgehead atoms. The summed E-state index contributed by atoms with van der Waals surface area (Å²) in [4.78, 5) is 7.12. The molecule has 0 heterocycles. The fraction of sp³-hybridized carbons (Fsp3) is 0.600. The molecule has 0 fully saturated rings. The lowest BCUT2D eigenvalue weighted by molar-refractivity contribution is 0.595. The van der Waals surface area contributed by atoms with Crippen molar-refractivity contribution in [3.05, 3.63) is 0 Å². The van der Waals surface area contributed by atoms with Gasteiger partial charge in [-0.15, -0.1) is 0 Å². The number of aliphatic imine (C=N–C) groups is 2. The summed E-state index contributed by atoms with van der Waals surface area (Å²) in [5, 5.41) is 4.76. The van der Waals surface area contributed by atoms with E-state index < -0.39 is 10.0 Å². The molecule has 0 rings (SSSR count). The number of rotatable bonds is 4. The van der Waals surface area contributed by atoms with Crippen molar-refractivity contribution >= 4 is 21.9 Å². The van der Waals surface area contributed by atoms with Crippen molar-refractivity contribution in [1.82, 2.24) is 0 Å². The lowest BCUT2D eigenvalue weighted by Crippen LogP contribution is -2.26. The number of primary sulfonamides is 1. The van der Waals surface area contributed by atoms with Crippen LogP contribution in [-0.2, 0) is 10.0 Å². The lowest BCUT2D eigenvalue weighted by Gasteiger charge is -1.96. The molecule has 0 spiro atoms. The second-order valence-electron chi connectivity index (χ2n) is 2.50. The molecule has 9 heteroatoms. The molecule has 0 aromatic heterocycles. The zero-order valence-electron chi connectivity index (χ0n) is 7.55. The van der Waals surface area contributed by atoms with Crippen LogP contribution in [0.5, 0.6) is 0 Å². The van der Waals surface area contributed by atoms with Crippen molar-refractivity contribution in [2.75, 3.05) is 12.3 Å². The highest BCUT2D eigenvalue weighted by Gasteiger charge is 2.00. The number of nitrogens with zero attached hydrogens (tertiary/aromatic N) is 2. The van der Waals surface area contributed by atoms with Gasteiger partial charge in [-0.25, -0.2) is 13.6 Å². The molecule has 0 saturated heterocycles. The minimum atomic E-state index is -3.44. The molecule has 0 radical (unpaired) electrons. The van der Waals surface area contributed by atoms with Crippen molar-refractivity contribution in [3.63, 3.8) is 0 Å².